The highest BCUT2D eigenvalue weighted by Crippen LogP contribution is 2.29. The summed E-state index contributed by atoms with van der Waals surface area (Å²) in [6.45, 7) is 4.15. The van der Waals surface area contributed by atoms with Gasteiger partial charge in [0, 0.05) is 10.5 Å². The van der Waals surface area contributed by atoms with Gasteiger partial charge in [-0.2, -0.15) is 0 Å². The summed E-state index contributed by atoms with van der Waals surface area (Å²) < 4.78 is 5.76. The molecule has 0 heterocycles. The van der Waals surface area contributed by atoms with Crippen LogP contribution in [0.2, 0.25) is 0 Å². The molecule has 1 aliphatic carbocycles. The number of esters is 1. The van der Waals surface area contributed by atoms with Gasteiger partial charge < -0.3 is 10.1 Å². The Morgan fingerprint density at radius 3 is 2.73 bits per heavy atom. The van der Waals surface area contributed by atoms with Crippen LogP contribution in [0.5, 0.6) is 0 Å². The smallest absolute Gasteiger partial charge is 0.339 e. The Morgan fingerprint density at radius 2 is 2.00 bits per heavy atom. The molecule has 120 valence electrons. The first-order valence-electron chi connectivity index (χ1n) is 7.70. The van der Waals surface area contributed by atoms with E-state index in [4.69, 9.17) is 4.74 Å². The molecule has 0 spiro atoms. The van der Waals surface area contributed by atoms with Crippen molar-refractivity contribution in [2.45, 2.75) is 39.2 Å². The molecule has 0 bridgehead atoms. The van der Waals surface area contributed by atoms with Crippen molar-refractivity contribution in [3.8, 4) is 0 Å². The summed E-state index contributed by atoms with van der Waals surface area (Å²) in [5.41, 5.74) is 0.426. The lowest BCUT2D eigenvalue weighted by Crippen LogP contribution is -2.45. The van der Waals surface area contributed by atoms with E-state index in [1.807, 2.05) is 6.07 Å². The third-order valence-electron chi connectivity index (χ3n) is 4.48. The maximum atomic E-state index is 12.0. The highest BCUT2D eigenvalue weighted by atomic mass is 79.9. The maximum Gasteiger partial charge on any atom is 0.339 e. The van der Waals surface area contributed by atoms with E-state index >= 15 is 0 Å². The molecule has 0 saturated heterocycles. The second-order valence-corrected chi connectivity index (χ2v) is 6.85. The summed E-state index contributed by atoms with van der Waals surface area (Å²) in [5, 5.41) is 2.99. The molecule has 1 aromatic rings. The Balaban J connectivity index is 1.83. The highest BCUT2D eigenvalue weighted by molar-refractivity contribution is 9.10. The first-order valence-corrected chi connectivity index (χ1v) is 8.49. The average molecular weight is 368 g/mol. The Bertz CT molecular complexity index is 546. The zero-order valence-electron chi connectivity index (χ0n) is 13.0. The fraction of sp³-hybridized carbons (Fsp3) is 0.529. The van der Waals surface area contributed by atoms with Crippen molar-refractivity contribution in [1.29, 1.82) is 0 Å². The number of benzene rings is 1. The van der Waals surface area contributed by atoms with Crippen LogP contribution in [0.15, 0.2) is 28.7 Å². The third-order valence-corrected chi connectivity index (χ3v) is 5.17. The van der Waals surface area contributed by atoms with Gasteiger partial charge in [-0.15, -0.1) is 0 Å². The van der Waals surface area contributed by atoms with Crippen molar-refractivity contribution in [3.05, 3.63) is 34.3 Å². The number of amides is 1. The van der Waals surface area contributed by atoms with E-state index in [2.05, 4.69) is 35.1 Å². The number of carbonyl (C=O) groups excluding carboxylic acids is 2. The molecule has 22 heavy (non-hydrogen) atoms. The Kier molecular flexibility index (Phi) is 6.00. The molecule has 1 fully saturated rings. The predicted octanol–water partition coefficient (Wildman–Crippen LogP) is 3.55. The first-order chi connectivity index (χ1) is 10.5. The van der Waals surface area contributed by atoms with Crippen LogP contribution in [0, 0.1) is 11.8 Å². The van der Waals surface area contributed by atoms with Gasteiger partial charge in [-0.05, 0) is 46.3 Å². The number of ether oxygens (including phenoxy) is 1. The van der Waals surface area contributed by atoms with E-state index < -0.39 is 5.97 Å². The molecule has 0 aromatic heterocycles. The molecule has 0 aliphatic heterocycles. The molecule has 1 amide bonds. The van der Waals surface area contributed by atoms with Crippen LogP contribution < -0.4 is 5.32 Å². The van der Waals surface area contributed by atoms with Gasteiger partial charge in [0.25, 0.3) is 5.91 Å². The fourth-order valence-electron chi connectivity index (χ4n) is 2.87. The van der Waals surface area contributed by atoms with E-state index in [0.717, 1.165) is 12.8 Å². The predicted molar refractivity (Wildman–Crippen MR) is 88.5 cm³/mol. The molecule has 0 radical (unpaired) electrons. The largest absolute Gasteiger partial charge is 0.452 e. The summed E-state index contributed by atoms with van der Waals surface area (Å²) in [7, 11) is 0. The molecule has 1 N–H and O–H groups in total. The summed E-state index contributed by atoms with van der Waals surface area (Å²) in [5.74, 6) is 0.345. The van der Waals surface area contributed by atoms with E-state index in [-0.39, 0.29) is 18.6 Å². The van der Waals surface area contributed by atoms with Gasteiger partial charge in [-0.25, -0.2) is 4.79 Å². The number of halogens is 1. The van der Waals surface area contributed by atoms with Crippen molar-refractivity contribution in [2.24, 2.45) is 11.8 Å². The van der Waals surface area contributed by atoms with Gasteiger partial charge in [0.1, 0.15) is 0 Å². The number of hydrogen-bond donors (Lipinski definition) is 1. The molecule has 1 aromatic carbocycles. The van der Waals surface area contributed by atoms with E-state index in [1.165, 1.54) is 6.42 Å². The Hall–Kier alpha value is -1.36. The second kappa shape index (κ2) is 7.77. The van der Waals surface area contributed by atoms with Gasteiger partial charge in [0.15, 0.2) is 6.61 Å². The average Bonchev–Trinajstić information content (AvgIpc) is 2.50. The van der Waals surface area contributed by atoms with E-state index in [9.17, 15) is 9.59 Å². The molecular weight excluding hydrogens is 346 g/mol. The van der Waals surface area contributed by atoms with Crippen molar-refractivity contribution in [3.63, 3.8) is 0 Å². The van der Waals surface area contributed by atoms with Crippen LogP contribution in [-0.4, -0.2) is 24.5 Å². The van der Waals surface area contributed by atoms with Gasteiger partial charge >= 0.3 is 5.97 Å². The fourth-order valence-corrected chi connectivity index (χ4v) is 3.32. The minimum Gasteiger partial charge on any atom is -0.452 e. The minimum absolute atomic E-state index is 0.179. The normalized spacial score (nSPS) is 24.6. The number of rotatable bonds is 4. The number of carbonyl (C=O) groups is 2. The first kappa shape index (κ1) is 17.0. The second-order valence-electron chi connectivity index (χ2n) is 6.00. The molecule has 5 heteroatoms. The number of nitrogens with one attached hydrogen (secondary N) is 1. The zero-order chi connectivity index (χ0) is 16.1. The zero-order valence-corrected chi connectivity index (χ0v) is 14.6. The molecule has 3 atom stereocenters. The van der Waals surface area contributed by atoms with Crippen LogP contribution in [0.3, 0.4) is 0 Å². The van der Waals surface area contributed by atoms with Gasteiger partial charge in [0.2, 0.25) is 0 Å². The van der Waals surface area contributed by atoms with Crippen LogP contribution in [0.1, 0.15) is 43.5 Å². The molecule has 4 nitrogen and oxygen atoms in total. The maximum absolute atomic E-state index is 12.0. The molecular formula is C17H22BrNO3. The van der Waals surface area contributed by atoms with Crippen LogP contribution in [-0.2, 0) is 9.53 Å². The summed E-state index contributed by atoms with van der Waals surface area (Å²) in [4.78, 5) is 23.9. The highest BCUT2D eigenvalue weighted by Gasteiger charge is 2.28. The van der Waals surface area contributed by atoms with Gasteiger partial charge in [0.05, 0.1) is 5.56 Å². The lowest BCUT2D eigenvalue weighted by Gasteiger charge is -2.34. The third kappa shape index (κ3) is 4.32. The summed E-state index contributed by atoms with van der Waals surface area (Å²) in [6.07, 6.45) is 3.34. The van der Waals surface area contributed by atoms with Crippen molar-refractivity contribution in [2.75, 3.05) is 6.61 Å². The molecule has 1 saturated carbocycles. The van der Waals surface area contributed by atoms with Crippen LogP contribution in [0.25, 0.3) is 0 Å². The van der Waals surface area contributed by atoms with E-state index in [1.54, 1.807) is 18.2 Å². The summed E-state index contributed by atoms with van der Waals surface area (Å²) in [6, 6.07) is 7.18. The van der Waals surface area contributed by atoms with Crippen molar-refractivity contribution >= 4 is 27.8 Å². The monoisotopic (exact) mass is 367 g/mol. The van der Waals surface area contributed by atoms with Gasteiger partial charge in [-0.1, -0.05) is 38.8 Å². The number of hydrogen-bond acceptors (Lipinski definition) is 3. The van der Waals surface area contributed by atoms with Crippen LogP contribution in [0.4, 0.5) is 0 Å². The minimum atomic E-state index is -0.493. The SMILES string of the molecule is C[C@H]1[C@H](C)CCC[C@H]1NC(=O)COC(=O)c1ccccc1Br. The topological polar surface area (TPSA) is 55.4 Å². The van der Waals surface area contributed by atoms with E-state index in [0.29, 0.717) is 21.9 Å². The Labute approximate surface area is 139 Å². The van der Waals surface area contributed by atoms with Gasteiger partial charge in [-0.3, -0.25) is 4.79 Å². The van der Waals surface area contributed by atoms with Crippen molar-refractivity contribution in [1.82, 2.24) is 5.32 Å². The standard InChI is InChI=1S/C17H22BrNO3/c1-11-6-5-9-15(12(11)2)19-16(20)10-22-17(21)13-7-3-4-8-14(13)18/h3-4,7-8,11-12,15H,5-6,9-10H2,1-2H3,(H,19,20)/t11-,12+,15-/m1/s1. The molecule has 2 rings (SSSR count). The Morgan fingerprint density at radius 1 is 1.27 bits per heavy atom. The molecule has 0 unspecified atom stereocenters. The van der Waals surface area contributed by atoms with Crippen LogP contribution >= 0.6 is 15.9 Å². The molecule has 1 aliphatic rings. The summed E-state index contributed by atoms with van der Waals surface area (Å²) >= 11 is 3.30. The lowest BCUT2D eigenvalue weighted by atomic mass is 9.78. The quantitative estimate of drug-likeness (QED) is 0.827. The van der Waals surface area contributed by atoms with Crippen molar-refractivity contribution < 1.29 is 14.3 Å². The lowest BCUT2D eigenvalue weighted by molar-refractivity contribution is -0.125.